The van der Waals surface area contributed by atoms with Gasteiger partial charge in [0.25, 0.3) is 5.91 Å². The Labute approximate surface area is 103 Å². The van der Waals surface area contributed by atoms with Crippen LogP contribution in [0.4, 0.5) is 0 Å². The number of hydrogen-bond acceptors (Lipinski definition) is 3. The van der Waals surface area contributed by atoms with E-state index in [4.69, 9.17) is 9.15 Å². The summed E-state index contributed by atoms with van der Waals surface area (Å²) >= 11 is 3.13. The summed E-state index contributed by atoms with van der Waals surface area (Å²) in [5.74, 6) is 0.0383. The van der Waals surface area contributed by atoms with Gasteiger partial charge in [-0.1, -0.05) is 12.2 Å². The molecule has 88 valence electrons. The van der Waals surface area contributed by atoms with Crippen molar-refractivity contribution in [3.05, 3.63) is 34.7 Å². The normalized spacial score (nSPS) is 10.1. The van der Waals surface area contributed by atoms with Gasteiger partial charge in [-0.25, -0.2) is 0 Å². The van der Waals surface area contributed by atoms with Crippen LogP contribution in [-0.4, -0.2) is 25.7 Å². The van der Waals surface area contributed by atoms with Crippen molar-refractivity contribution in [3.8, 4) is 0 Å². The number of carbonyl (C=O) groups excluding carboxylic acids is 1. The van der Waals surface area contributed by atoms with Crippen LogP contribution in [0.25, 0.3) is 0 Å². The first kappa shape index (κ1) is 13.0. The molecular formula is C11H14BrNO3. The van der Waals surface area contributed by atoms with Crippen LogP contribution in [0.3, 0.4) is 0 Å². The summed E-state index contributed by atoms with van der Waals surface area (Å²) in [6.45, 7) is 7.02. The van der Waals surface area contributed by atoms with Gasteiger partial charge < -0.3 is 14.5 Å². The lowest BCUT2D eigenvalue weighted by Gasteiger charge is -2.04. The van der Waals surface area contributed by atoms with E-state index in [-0.39, 0.29) is 11.7 Å². The molecule has 0 aliphatic heterocycles. The van der Waals surface area contributed by atoms with Gasteiger partial charge in [0.15, 0.2) is 10.4 Å². The molecular weight excluding hydrogens is 274 g/mol. The molecule has 0 radical (unpaired) electrons. The molecule has 0 saturated heterocycles. The average Bonchev–Trinajstić information content (AvgIpc) is 2.63. The lowest BCUT2D eigenvalue weighted by Crippen LogP contribution is -2.27. The molecule has 1 aromatic heterocycles. The minimum absolute atomic E-state index is 0.246. The number of carbonyl (C=O) groups is 1. The zero-order chi connectivity index (χ0) is 12.0. The first-order valence-corrected chi connectivity index (χ1v) is 5.64. The quantitative estimate of drug-likeness (QED) is 0.646. The summed E-state index contributed by atoms with van der Waals surface area (Å²) in [6.07, 6.45) is 0. The van der Waals surface area contributed by atoms with Crippen LogP contribution in [-0.2, 0) is 4.74 Å². The van der Waals surface area contributed by atoms with E-state index in [1.807, 2.05) is 6.92 Å². The van der Waals surface area contributed by atoms with E-state index >= 15 is 0 Å². The molecule has 0 fully saturated rings. The molecule has 1 rings (SSSR count). The molecule has 4 nitrogen and oxygen atoms in total. The largest absolute Gasteiger partial charge is 0.444 e. The third kappa shape index (κ3) is 4.63. The van der Waals surface area contributed by atoms with Gasteiger partial charge in [-0.15, -0.1) is 0 Å². The third-order valence-corrected chi connectivity index (χ3v) is 2.10. The van der Waals surface area contributed by atoms with Crippen molar-refractivity contribution in [1.29, 1.82) is 0 Å². The maximum absolute atomic E-state index is 11.5. The van der Waals surface area contributed by atoms with Gasteiger partial charge in [0, 0.05) is 6.54 Å². The van der Waals surface area contributed by atoms with Gasteiger partial charge in [-0.3, -0.25) is 4.79 Å². The van der Waals surface area contributed by atoms with E-state index in [1.165, 1.54) is 0 Å². The fourth-order valence-corrected chi connectivity index (χ4v) is 1.31. The molecule has 0 spiro atoms. The zero-order valence-corrected chi connectivity index (χ0v) is 10.7. The average molecular weight is 288 g/mol. The van der Waals surface area contributed by atoms with Gasteiger partial charge in [-0.2, -0.15) is 0 Å². The molecule has 0 bridgehead atoms. The lowest BCUT2D eigenvalue weighted by molar-refractivity contribution is 0.0898. The van der Waals surface area contributed by atoms with Gasteiger partial charge in [-0.05, 0) is 35.0 Å². The van der Waals surface area contributed by atoms with Crippen molar-refractivity contribution in [1.82, 2.24) is 5.32 Å². The molecule has 0 aromatic carbocycles. The monoisotopic (exact) mass is 287 g/mol. The Morgan fingerprint density at radius 3 is 2.94 bits per heavy atom. The van der Waals surface area contributed by atoms with Crippen LogP contribution in [0.15, 0.2) is 33.4 Å². The minimum Gasteiger partial charge on any atom is -0.444 e. The molecule has 0 unspecified atom stereocenters. The Balaban J connectivity index is 2.18. The van der Waals surface area contributed by atoms with Crippen molar-refractivity contribution < 1.29 is 13.9 Å². The van der Waals surface area contributed by atoms with E-state index < -0.39 is 0 Å². The van der Waals surface area contributed by atoms with E-state index in [0.717, 1.165) is 5.57 Å². The number of ether oxygens (including phenoxy) is 1. The number of furan rings is 1. The van der Waals surface area contributed by atoms with E-state index in [0.29, 0.717) is 24.4 Å². The molecule has 16 heavy (non-hydrogen) atoms. The van der Waals surface area contributed by atoms with Gasteiger partial charge in [0.05, 0.1) is 13.2 Å². The topological polar surface area (TPSA) is 51.5 Å². The van der Waals surface area contributed by atoms with Crippen LogP contribution in [0.1, 0.15) is 17.5 Å². The fraction of sp³-hybridized carbons (Fsp3) is 0.364. The summed E-state index contributed by atoms with van der Waals surface area (Å²) in [5.41, 5.74) is 0.960. The molecule has 1 N–H and O–H groups in total. The molecule has 0 aliphatic carbocycles. The van der Waals surface area contributed by atoms with Crippen molar-refractivity contribution in [2.45, 2.75) is 6.92 Å². The predicted molar refractivity (Wildman–Crippen MR) is 64.4 cm³/mol. The third-order valence-electron chi connectivity index (χ3n) is 1.68. The molecule has 1 amide bonds. The van der Waals surface area contributed by atoms with Gasteiger partial charge in [0.2, 0.25) is 0 Å². The Kier molecular flexibility index (Phi) is 5.28. The molecule has 0 aliphatic rings. The second kappa shape index (κ2) is 6.50. The van der Waals surface area contributed by atoms with Crippen molar-refractivity contribution in [2.24, 2.45) is 0 Å². The van der Waals surface area contributed by atoms with Crippen LogP contribution in [0.5, 0.6) is 0 Å². The van der Waals surface area contributed by atoms with Crippen LogP contribution < -0.4 is 5.32 Å². The van der Waals surface area contributed by atoms with Crippen molar-refractivity contribution in [2.75, 3.05) is 19.8 Å². The summed E-state index contributed by atoms with van der Waals surface area (Å²) in [4.78, 5) is 11.5. The number of halogens is 1. The second-order valence-electron chi connectivity index (χ2n) is 3.37. The first-order chi connectivity index (χ1) is 7.59. The number of amides is 1. The van der Waals surface area contributed by atoms with Gasteiger partial charge >= 0.3 is 0 Å². The van der Waals surface area contributed by atoms with Crippen LogP contribution in [0, 0.1) is 0 Å². The molecule has 1 aromatic rings. The Morgan fingerprint density at radius 1 is 1.62 bits per heavy atom. The molecule has 5 heteroatoms. The number of rotatable bonds is 6. The maximum atomic E-state index is 11.5. The summed E-state index contributed by atoms with van der Waals surface area (Å²) in [7, 11) is 0. The van der Waals surface area contributed by atoms with Crippen LogP contribution in [0.2, 0.25) is 0 Å². The van der Waals surface area contributed by atoms with Crippen LogP contribution >= 0.6 is 15.9 Å². The van der Waals surface area contributed by atoms with Crippen molar-refractivity contribution >= 4 is 21.8 Å². The lowest BCUT2D eigenvalue weighted by atomic mass is 10.4. The van der Waals surface area contributed by atoms with E-state index in [1.54, 1.807) is 12.1 Å². The number of nitrogens with one attached hydrogen (secondary N) is 1. The fourth-order valence-electron chi connectivity index (χ4n) is 1.01. The Hall–Kier alpha value is -1.07. The SMILES string of the molecule is C=C(C)COCCNC(=O)c1ccc(Br)o1. The summed E-state index contributed by atoms with van der Waals surface area (Å²) < 4.78 is 10.9. The highest BCUT2D eigenvalue weighted by atomic mass is 79.9. The Bertz CT molecular complexity index is 373. The van der Waals surface area contributed by atoms with Gasteiger partial charge in [0.1, 0.15) is 0 Å². The smallest absolute Gasteiger partial charge is 0.287 e. The van der Waals surface area contributed by atoms with Crippen molar-refractivity contribution in [3.63, 3.8) is 0 Å². The molecule has 0 saturated carbocycles. The molecule has 0 atom stereocenters. The Morgan fingerprint density at radius 2 is 2.38 bits per heavy atom. The number of hydrogen-bond donors (Lipinski definition) is 1. The highest BCUT2D eigenvalue weighted by Gasteiger charge is 2.08. The highest BCUT2D eigenvalue weighted by molar-refractivity contribution is 9.10. The molecule has 1 heterocycles. The zero-order valence-electron chi connectivity index (χ0n) is 9.09. The maximum Gasteiger partial charge on any atom is 0.287 e. The first-order valence-electron chi connectivity index (χ1n) is 4.85. The highest BCUT2D eigenvalue weighted by Crippen LogP contribution is 2.13. The summed E-state index contributed by atoms with van der Waals surface area (Å²) in [6, 6.07) is 3.28. The van der Waals surface area contributed by atoms with E-state index in [2.05, 4.69) is 27.8 Å². The summed E-state index contributed by atoms with van der Waals surface area (Å²) in [5, 5.41) is 2.68. The van der Waals surface area contributed by atoms with E-state index in [9.17, 15) is 4.79 Å². The standard InChI is InChI=1S/C11H14BrNO3/c1-8(2)7-15-6-5-13-11(14)9-3-4-10(12)16-9/h3-4H,1,5-7H2,2H3,(H,13,14). The minimum atomic E-state index is -0.246. The second-order valence-corrected chi connectivity index (χ2v) is 4.15. The predicted octanol–water partition coefficient (Wildman–Crippen LogP) is 2.36.